The minimum Gasteiger partial charge on any atom is -0.450 e. The number of hydrogen-bond donors (Lipinski definition) is 0. The first kappa shape index (κ1) is 18.6. The molecule has 0 radical (unpaired) electrons. The van der Waals surface area contributed by atoms with E-state index >= 15 is 0 Å². The molecule has 0 N–H and O–H groups in total. The highest BCUT2D eigenvalue weighted by molar-refractivity contribution is 5.80. The highest BCUT2D eigenvalue weighted by Crippen LogP contribution is 2.34. The largest absolute Gasteiger partial charge is 0.450 e. The number of amides is 2. The summed E-state index contributed by atoms with van der Waals surface area (Å²) in [7, 11) is 0. The molecule has 2 saturated heterocycles. The number of hydrogen-bond acceptors (Lipinski definition) is 6. The van der Waals surface area contributed by atoms with Gasteiger partial charge in [-0.05, 0) is 33.6 Å². The molecule has 2 aliphatic rings. The first-order valence-electron chi connectivity index (χ1n) is 9.21. The zero-order valence-corrected chi connectivity index (χ0v) is 15.7. The van der Waals surface area contributed by atoms with Crippen LogP contribution in [0, 0.1) is 0 Å². The molecular formula is C17H27N5O4. The first-order chi connectivity index (χ1) is 12.4. The molecule has 26 heavy (non-hydrogen) atoms. The molecule has 2 fully saturated rings. The average Bonchev–Trinajstić information content (AvgIpc) is 3.31. The van der Waals surface area contributed by atoms with Crippen LogP contribution in [0.2, 0.25) is 0 Å². The highest BCUT2D eigenvalue weighted by Gasteiger charge is 2.36. The van der Waals surface area contributed by atoms with Crippen molar-refractivity contribution < 1.29 is 19.1 Å². The monoisotopic (exact) mass is 365 g/mol. The molecule has 9 heteroatoms. The van der Waals surface area contributed by atoms with Gasteiger partial charge in [0.2, 0.25) is 5.91 Å². The fourth-order valence-corrected chi connectivity index (χ4v) is 3.39. The minimum absolute atomic E-state index is 0.0255. The molecule has 0 spiro atoms. The lowest BCUT2D eigenvalue weighted by Crippen LogP contribution is -2.52. The Hall–Kier alpha value is -2.16. The van der Waals surface area contributed by atoms with E-state index in [-0.39, 0.29) is 12.0 Å². The van der Waals surface area contributed by atoms with E-state index in [1.165, 1.54) is 0 Å². The van der Waals surface area contributed by atoms with Crippen molar-refractivity contribution in [1.29, 1.82) is 0 Å². The van der Waals surface area contributed by atoms with E-state index in [9.17, 15) is 9.59 Å². The van der Waals surface area contributed by atoms with Crippen LogP contribution in [-0.2, 0) is 19.9 Å². The summed E-state index contributed by atoms with van der Waals surface area (Å²) in [6, 6.07) is -0.449. The van der Waals surface area contributed by atoms with Crippen LogP contribution in [0.3, 0.4) is 0 Å². The Bertz CT molecular complexity index is 647. The Morgan fingerprint density at radius 3 is 2.62 bits per heavy atom. The zero-order chi connectivity index (χ0) is 18.7. The lowest BCUT2D eigenvalue weighted by Gasteiger charge is -2.35. The van der Waals surface area contributed by atoms with E-state index in [1.807, 2.05) is 20.0 Å². The molecule has 3 heterocycles. The third kappa shape index (κ3) is 3.67. The number of carbonyl (C=O) groups excluding carboxylic acids is 2. The second-order valence-corrected chi connectivity index (χ2v) is 6.95. The number of aromatic nitrogens is 3. The van der Waals surface area contributed by atoms with Crippen molar-refractivity contribution in [1.82, 2.24) is 24.8 Å². The van der Waals surface area contributed by atoms with Crippen molar-refractivity contribution in [2.45, 2.75) is 45.3 Å². The predicted octanol–water partition coefficient (Wildman–Crippen LogP) is 1.17. The molecule has 0 aliphatic carbocycles. The molecule has 9 nitrogen and oxygen atoms in total. The Labute approximate surface area is 153 Å². The van der Waals surface area contributed by atoms with Gasteiger partial charge in [-0.2, -0.15) is 0 Å². The van der Waals surface area contributed by atoms with Gasteiger partial charge in [0, 0.05) is 32.8 Å². The van der Waals surface area contributed by atoms with Crippen LogP contribution in [0.1, 0.15) is 45.3 Å². The van der Waals surface area contributed by atoms with Gasteiger partial charge < -0.3 is 19.3 Å². The minimum atomic E-state index is -0.449. The van der Waals surface area contributed by atoms with Crippen molar-refractivity contribution in [3.05, 3.63) is 11.9 Å². The number of rotatable bonds is 4. The molecule has 0 bridgehead atoms. The summed E-state index contributed by atoms with van der Waals surface area (Å²) in [6.45, 7) is 8.62. The van der Waals surface area contributed by atoms with Crippen LogP contribution in [0.5, 0.6) is 0 Å². The molecule has 0 aromatic carbocycles. The summed E-state index contributed by atoms with van der Waals surface area (Å²) in [5, 5.41) is 8.37. The summed E-state index contributed by atoms with van der Waals surface area (Å²) >= 11 is 0. The van der Waals surface area contributed by atoms with Crippen LogP contribution < -0.4 is 0 Å². The summed E-state index contributed by atoms with van der Waals surface area (Å²) in [4.78, 5) is 27.9. The molecule has 2 amide bonds. The van der Waals surface area contributed by atoms with E-state index in [0.717, 1.165) is 25.1 Å². The fraction of sp³-hybridized carbons (Fsp3) is 0.765. The summed E-state index contributed by atoms with van der Waals surface area (Å²) in [5.41, 5.74) is 0.355. The second-order valence-electron chi connectivity index (χ2n) is 6.95. The maximum absolute atomic E-state index is 12.8. The smallest absolute Gasteiger partial charge is 0.409 e. The molecule has 144 valence electrons. The van der Waals surface area contributed by atoms with Crippen molar-refractivity contribution in [3.63, 3.8) is 0 Å². The quantitative estimate of drug-likeness (QED) is 0.795. The van der Waals surface area contributed by atoms with E-state index in [2.05, 4.69) is 10.3 Å². The van der Waals surface area contributed by atoms with Crippen molar-refractivity contribution in [3.8, 4) is 0 Å². The highest BCUT2D eigenvalue weighted by atomic mass is 16.6. The van der Waals surface area contributed by atoms with Gasteiger partial charge in [-0.15, -0.1) is 5.10 Å². The molecule has 3 rings (SSSR count). The number of carbonyl (C=O) groups is 2. The van der Waals surface area contributed by atoms with Crippen molar-refractivity contribution in [2.75, 3.05) is 39.4 Å². The van der Waals surface area contributed by atoms with Gasteiger partial charge in [-0.1, -0.05) is 5.21 Å². The van der Waals surface area contributed by atoms with Gasteiger partial charge in [-0.25, -0.2) is 9.48 Å². The van der Waals surface area contributed by atoms with Gasteiger partial charge in [0.25, 0.3) is 0 Å². The Kier molecular flexibility index (Phi) is 5.45. The van der Waals surface area contributed by atoms with Gasteiger partial charge in [0.1, 0.15) is 17.3 Å². The van der Waals surface area contributed by atoms with E-state index in [4.69, 9.17) is 9.47 Å². The normalized spacial score (nSPS) is 24.6. The van der Waals surface area contributed by atoms with Crippen LogP contribution in [0.4, 0.5) is 4.79 Å². The first-order valence-corrected chi connectivity index (χ1v) is 9.21. The number of piperazine rings is 1. The van der Waals surface area contributed by atoms with Crippen LogP contribution >= 0.6 is 0 Å². The Morgan fingerprint density at radius 2 is 2.00 bits per heavy atom. The molecule has 1 aromatic heterocycles. The lowest BCUT2D eigenvalue weighted by molar-refractivity contribution is -0.136. The standard InChI is InChI=1S/C17H27N5O4/c1-4-25-16(24)21-9-7-20(8-10-21)15(23)13(2)22-12-14(18-19-22)17(3)6-5-11-26-17/h12-13H,4-11H2,1-3H3. The SMILES string of the molecule is CCOC(=O)N1CCN(C(=O)C(C)n2cc(C3(C)CCCO3)nn2)CC1. The van der Waals surface area contributed by atoms with Crippen LogP contribution in [-0.4, -0.2) is 76.2 Å². The van der Waals surface area contributed by atoms with Crippen LogP contribution in [0.15, 0.2) is 6.20 Å². The maximum Gasteiger partial charge on any atom is 0.409 e. The van der Waals surface area contributed by atoms with Gasteiger partial charge in [-0.3, -0.25) is 4.79 Å². The van der Waals surface area contributed by atoms with E-state index < -0.39 is 11.6 Å². The van der Waals surface area contributed by atoms with Crippen molar-refractivity contribution >= 4 is 12.0 Å². The number of ether oxygens (including phenoxy) is 2. The van der Waals surface area contributed by atoms with Crippen molar-refractivity contribution in [2.24, 2.45) is 0 Å². The molecule has 2 atom stereocenters. The van der Waals surface area contributed by atoms with Gasteiger partial charge >= 0.3 is 6.09 Å². The summed E-state index contributed by atoms with van der Waals surface area (Å²) < 4.78 is 12.4. The zero-order valence-electron chi connectivity index (χ0n) is 15.7. The number of nitrogens with zero attached hydrogens (tertiary/aromatic N) is 5. The third-order valence-corrected chi connectivity index (χ3v) is 5.14. The van der Waals surface area contributed by atoms with Gasteiger partial charge in [0.05, 0.1) is 12.8 Å². The predicted molar refractivity (Wildman–Crippen MR) is 92.4 cm³/mol. The third-order valence-electron chi connectivity index (χ3n) is 5.14. The molecule has 2 unspecified atom stereocenters. The van der Waals surface area contributed by atoms with E-state index in [1.54, 1.807) is 21.4 Å². The Balaban J connectivity index is 1.59. The topological polar surface area (TPSA) is 89.8 Å². The maximum atomic E-state index is 12.8. The van der Waals surface area contributed by atoms with Gasteiger partial charge in [0.15, 0.2) is 0 Å². The molecule has 2 aliphatic heterocycles. The molecular weight excluding hydrogens is 338 g/mol. The lowest BCUT2D eigenvalue weighted by atomic mass is 9.99. The fourth-order valence-electron chi connectivity index (χ4n) is 3.39. The summed E-state index contributed by atoms with van der Waals surface area (Å²) in [6.07, 6.45) is 3.40. The average molecular weight is 365 g/mol. The van der Waals surface area contributed by atoms with E-state index in [0.29, 0.717) is 32.8 Å². The van der Waals surface area contributed by atoms with Crippen LogP contribution in [0.25, 0.3) is 0 Å². The second kappa shape index (κ2) is 7.61. The summed E-state index contributed by atoms with van der Waals surface area (Å²) in [5.74, 6) is -0.0255. The molecule has 1 aromatic rings. The Morgan fingerprint density at radius 1 is 1.31 bits per heavy atom. The molecule has 0 saturated carbocycles.